The normalized spacial score (nSPS) is 30.0. The Morgan fingerprint density at radius 1 is 1.05 bits per heavy atom. The summed E-state index contributed by atoms with van der Waals surface area (Å²) in [7, 11) is 0. The first-order chi connectivity index (χ1) is 19.8. The van der Waals surface area contributed by atoms with Gasteiger partial charge in [0.05, 0.1) is 6.04 Å². The fourth-order valence-electron chi connectivity index (χ4n) is 7.95. The van der Waals surface area contributed by atoms with Gasteiger partial charge in [0.1, 0.15) is 12.1 Å². The lowest BCUT2D eigenvalue weighted by Crippen LogP contribution is -2.62. The summed E-state index contributed by atoms with van der Waals surface area (Å²) in [5, 5.41) is 19.3. The Morgan fingerprint density at radius 3 is 2.38 bits per heavy atom. The minimum Gasteiger partial charge on any atom is -0.481 e. The van der Waals surface area contributed by atoms with Crippen molar-refractivity contribution in [2.24, 2.45) is 16.7 Å². The minimum atomic E-state index is -1.33. The number of carbonyl (C=O) groups is 5. The number of fused-ring (bicyclic) bond motifs is 2. The number of ether oxygens (including phenoxy) is 1. The van der Waals surface area contributed by atoms with E-state index in [0.29, 0.717) is 37.0 Å². The smallest absolute Gasteiger partial charge is 0.331 e. The van der Waals surface area contributed by atoms with Crippen LogP contribution in [0.5, 0.6) is 0 Å². The maximum Gasteiger partial charge on any atom is 0.331 e. The van der Waals surface area contributed by atoms with Gasteiger partial charge >= 0.3 is 17.9 Å². The molecule has 2 amide bonds. The second-order valence-electron chi connectivity index (χ2n) is 12.7. The van der Waals surface area contributed by atoms with Crippen LogP contribution in [0.1, 0.15) is 72.6 Å². The molecule has 2 heterocycles. The predicted molar refractivity (Wildman–Crippen MR) is 154 cm³/mol. The molecular weight excluding hydrogens is 540 g/mol. The van der Waals surface area contributed by atoms with E-state index in [9.17, 15) is 34.2 Å². The molecule has 0 spiro atoms. The number of carbonyl (C=O) groups excluding carboxylic acids is 3. The summed E-state index contributed by atoms with van der Waals surface area (Å²) in [6, 6.07) is -2.05. The molecule has 5 atom stereocenters. The largest absolute Gasteiger partial charge is 0.481 e. The topological polar surface area (TPSA) is 142 Å². The molecule has 4 rings (SSSR count). The van der Waals surface area contributed by atoms with Gasteiger partial charge in [0, 0.05) is 48.9 Å². The van der Waals surface area contributed by atoms with Gasteiger partial charge in [-0.15, -0.1) is 0 Å². The molecule has 0 bridgehead atoms. The second kappa shape index (κ2) is 12.3. The number of hydrogen-bond acceptors (Lipinski definition) is 6. The van der Waals surface area contributed by atoms with E-state index in [1.54, 1.807) is 23.1 Å². The molecule has 1 saturated carbocycles. The zero-order valence-corrected chi connectivity index (χ0v) is 24.9. The van der Waals surface area contributed by atoms with Crippen molar-refractivity contribution in [1.82, 2.24) is 9.80 Å². The number of aliphatic carboxylic acids is 2. The predicted octanol–water partition coefficient (Wildman–Crippen LogP) is 3.88. The number of carboxylic acid groups (broad SMARTS) is 2. The molecule has 0 aromatic heterocycles. The number of nitrogens with zero attached hydrogens (tertiary/aromatic N) is 2. The van der Waals surface area contributed by atoms with Crippen LogP contribution in [0.25, 0.3) is 0 Å². The summed E-state index contributed by atoms with van der Waals surface area (Å²) in [6.07, 6.45) is 12.0. The van der Waals surface area contributed by atoms with Crippen LogP contribution in [-0.2, 0) is 28.7 Å². The molecular formula is C32H42N2O8. The van der Waals surface area contributed by atoms with Crippen LogP contribution < -0.4 is 0 Å². The van der Waals surface area contributed by atoms with Crippen molar-refractivity contribution in [3.8, 4) is 0 Å². The lowest BCUT2D eigenvalue weighted by Gasteiger charge is -2.58. The van der Waals surface area contributed by atoms with Crippen LogP contribution in [0.15, 0.2) is 47.6 Å². The Labute approximate surface area is 246 Å². The highest BCUT2D eigenvalue weighted by Crippen LogP contribution is 2.62. The second-order valence-corrected chi connectivity index (χ2v) is 12.7. The van der Waals surface area contributed by atoms with Crippen LogP contribution in [0.3, 0.4) is 0 Å². The van der Waals surface area contributed by atoms with Gasteiger partial charge in [-0.2, -0.15) is 0 Å². The van der Waals surface area contributed by atoms with E-state index in [2.05, 4.69) is 13.8 Å². The molecule has 0 aromatic carbocycles. The van der Waals surface area contributed by atoms with Crippen LogP contribution in [0.2, 0.25) is 0 Å². The van der Waals surface area contributed by atoms with Crippen molar-refractivity contribution < 1.29 is 38.9 Å². The maximum atomic E-state index is 14.2. The summed E-state index contributed by atoms with van der Waals surface area (Å²) in [5.41, 5.74) is 0.0149. The third kappa shape index (κ3) is 5.80. The Balaban J connectivity index is 1.83. The first kappa shape index (κ1) is 31.3. The highest BCUT2D eigenvalue weighted by molar-refractivity contribution is 6.01. The standard InChI is InChI=1S/C32H42N2O8/c1-5-6-7-8-9-13-24(38)42-27-26(33-18-10-12-22(33)35)20-19-34(21(30(40)41)14-15-23(36)37)29(39)25(20)32(4)17-11-16-31(2,3)28(27)32/h5-9,13,21,26-28H,10-12,14-19H2,1-4H3,(H,36,37)(H,40,41)/b6-5+,8-7+,13-9+. The first-order valence-corrected chi connectivity index (χ1v) is 14.8. The number of amides is 2. The number of allylic oxidation sites excluding steroid dienone is 5. The van der Waals surface area contributed by atoms with Crippen LogP contribution in [0, 0.1) is 16.7 Å². The molecule has 228 valence electrons. The van der Waals surface area contributed by atoms with Crippen molar-refractivity contribution in [3.05, 3.63) is 47.6 Å². The summed E-state index contributed by atoms with van der Waals surface area (Å²) >= 11 is 0. The van der Waals surface area contributed by atoms with E-state index in [1.165, 1.54) is 11.0 Å². The van der Waals surface area contributed by atoms with Gasteiger partial charge in [-0.05, 0) is 43.6 Å². The van der Waals surface area contributed by atoms with Crippen LogP contribution in [0.4, 0.5) is 0 Å². The first-order valence-electron chi connectivity index (χ1n) is 14.8. The molecule has 2 aliphatic carbocycles. The Kier molecular flexibility index (Phi) is 9.13. The molecule has 10 nitrogen and oxygen atoms in total. The highest BCUT2D eigenvalue weighted by Gasteiger charge is 2.64. The fraction of sp³-hybridized carbons (Fsp3) is 0.594. The quantitative estimate of drug-likeness (QED) is 0.225. The van der Waals surface area contributed by atoms with E-state index >= 15 is 0 Å². The number of hydrogen-bond donors (Lipinski definition) is 2. The van der Waals surface area contributed by atoms with E-state index < -0.39 is 53.8 Å². The minimum absolute atomic E-state index is 0.0576. The van der Waals surface area contributed by atoms with Crippen molar-refractivity contribution in [1.29, 1.82) is 0 Å². The zero-order chi connectivity index (χ0) is 30.8. The van der Waals surface area contributed by atoms with Gasteiger partial charge in [-0.1, -0.05) is 57.6 Å². The average molecular weight is 583 g/mol. The van der Waals surface area contributed by atoms with Crippen LogP contribution >= 0.6 is 0 Å². The third-order valence-corrected chi connectivity index (χ3v) is 9.50. The molecule has 2 N–H and O–H groups in total. The van der Waals surface area contributed by atoms with E-state index in [-0.39, 0.29) is 30.2 Å². The molecule has 0 aromatic rings. The van der Waals surface area contributed by atoms with Crippen LogP contribution in [-0.4, -0.2) is 81.0 Å². The van der Waals surface area contributed by atoms with Gasteiger partial charge in [-0.3, -0.25) is 14.4 Å². The highest BCUT2D eigenvalue weighted by atomic mass is 16.5. The summed E-state index contributed by atoms with van der Waals surface area (Å²) in [4.78, 5) is 67.3. The number of likely N-dealkylation sites (tertiary alicyclic amines) is 1. The van der Waals surface area contributed by atoms with Gasteiger partial charge in [0.25, 0.3) is 5.91 Å². The maximum absolute atomic E-state index is 14.2. The molecule has 5 unspecified atom stereocenters. The monoisotopic (exact) mass is 582 g/mol. The zero-order valence-electron chi connectivity index (χ0n) is 24.9. The molecule has 4 aliphatic rings. The number of carboxylic acids is 2. The van der Waals surface area contributed by atoms with Crippen molar-refractivity contribution >= 4 is 29.7 Å². The van der Waals surface area contributed by atoms with Crippen molar-refractivity contribution in [2.75, 3.05) is 13.1 Å². The Morgan fingerprint density at radius 2 is 1.76 bits per heavy atom. The Bertz CT molecular complexity index is 1260. The SMILES string of the molecule is C/C=C/C=C/C=C/C(=O)OC1C(N2CCCC2=O)C2=C(C(=O)N(C(CCC(=O)O)C(=O)O)C2)C2(C)CCCC(C)(C)C12. The van der Waals surface area contributed by atoms with Gasteiger partial charge in [0.15, 0.2) is 0 Å². The number of rotatable bonds is 10. The van der Waals surface area contributed by atoms with E-state index in [4.69, 9.17) is 4.74 Å². The molecule has 2 aliphatic heterocycles. The Hall–Kier alpha value is -3.69. The third-order valence-electron chi connectivity index (χ3n) is 9.50. The average Bonchev–Trinajstić information content (AvgIpc) is 3.46. The molecule has 10 heteroatoms. The van der Waals surface area contributed by atoms with Gasteiger partial charge in [-0.25, -0.2) is 9.59 Å². The molecule has 1 saturated heterocycles. The summed E-state index contributed by atoms with van der Waals surface area (Å²) in [5.74, 6) is -3.82. The van der Waals surface area contributed by atoms with Crippen molar-refractivity contribution in [3.63, 3.8) is 0 Å². The summed E-state index contributed by atoms with van der Waals surface area (Å²) in [6.45, 7) is 8.47. The molecule has 0 radical (unpaired) electrons. The van der Waals surface area contributed by atoms with E-state index in [1.807, 2.05) is 26.0 Å². The summed E-state index contributed by atoms with van der Waals surface area (Å²) < 4.78 is 6.28. The van der Waals surface area contributed by atoms with Gasteiger partial charge in [0.2, 0.25) is 5.91 Å². The lowest BCUT2D eigenvalue weighted by molar-refractivity contribution is -0.168. The number of esters is 1. The molecule has 2 fully saturated rings. The fourth-order valence-corrected chi connectivity index (χ4v) is 7.95. The molecule has 42 heavy (non-hydrogen) atoms. The van der Waals surface area contributed by atoms with Gasteiger partial charge < -0.3 is 24.7 Å². The lowest BCUT2D eigenvalue weighted by atomic mass is 9.48. The van der Waals surface area contributed by atoms with Crippen molar-refractivity contribution in [2.45, 2.75) is 90.8 Å². The van der Waals surface area contributed by atoms with E-state index in [0.717, 1.165) is 12.8 Å².